The van der Waals surface area contributed by atoms with E-state index in [1.165, 1.54) is 0 Å². The average Bonchev–Trinajstić information content (AvgIpc) is 3.18. The highest BCUT2D eigenvalue weighted by atomic mass is 32.1. The number of halogens is 3. The number of aryl methyl sites for hydroxylation is 1. The monoisotopic (exact) mass is 361 g/mol. The van der Waals surface area contributed by atoms with E-state index in [4.69, 9.17) is 0 Å². The van der Waals surface area contributed by atoms with Crippen molar-refractivity contribution in [1.29, 1.82) is 0 Å². The van der Waals surface area contributed by atoms with E-state index in [1.807, 2.05) is 11.5 Å². The van der Waals surface area contributed by atoms with E-state index in [9.17, 15) is 13.2 Å². The fraction of sp³-hybridized carbons (Fsp3) is 0.538. The Morgan fingerprint density at radius 1 is 1.38 bits per heavy atom. The normalized spacial score (nSPS) is 12.5. The van der Waals surface area contributed by atoms with Crippen LogP contribution in [0.5, 0.6) is 0 Å². The van der Waals surface area contributed by atoms with E-state index in [-0.39, 0.29) is 0 Å². The molecule has 11 heteroatoms. The molecule has 0 radical (unpaired) electrons. The third-order valence-electron chi connectivity index (χ3n) is 3.15. The van der Waals surface area contributed by atoms with Gasteiger partial charge in [0.2, 0.25) is 0 Å². The maximum absolute atomic E-state index is 12.5. The van der Waals surface area contributed by atoms with E-state index in [2.05, 4.69) is 30.8 Å². The molecule has 2 aromatic heterocycles. The molecule has 0 aliphatic heterocycles. The first-order chi connectivity index (χ1) is 11.4. The van der Waals surface area contributed by atoms with Crippen LogP contribution in [0.2, 0.25) is 0 Å². The van der Waals surface area contributed by atoms with Crippen LogP contribution in [0.25, 0.3) is 0 Å². The topological polar surface area (TPSA) is 80.0 Å². The molecule has 0 bridgehead atoms. The van der Waals surface area contributed by atoms with Crippen molar-refractivity contribution in [2.24, 2.45) is 4.99 Å². The summed E-state index contributed by atoms with van der Waals surface area (Å²) in [5, 5.41) is 15.4. The van der Waals surface area contributed by atoms with Crippen LogP contribution in [0.3, 0.4) is 0 Å². The molecular formula is C13H18F3N7S. The molecule has 2 heterocycles. The minimum atomic E-state index is -4.39. The first kappa shape index (κ1) is 18.2. The molecule has 0 saturated carbocycles. The van der Waals surface area contributed by atoms with Gasteiger partial charge >= 0.3 is 6.18 Å². The zero-order valence-corrected chi connectivity index (χ0v) is 14.1. The zero-order chi connectivity index (χ0) is 17.6. The summed E-state index contributed by atoms with van der Waals surface area (Å²) < 4.78 is 39.4. The molecule has 24 heavy (non-hydrogen) atoms. The number of aromatic nitrogens is 4. The van der Waals surface area contributed by atoms with Gasteiger partial charge in [-0.05, 0) is 6.92 Å². The number of rotatable bonds is 6. The Labute approximate surface area is 141 Å². The van der Waals surface area contributed by atoms with Crippen molar-refractivity contribution in [3.63, 3.8) is 0 Å². The van der Waals surface area contributed by atoms with Gasteiger partial charge in [-0.25, -0.2) is 4.98 Å². The lowest BCUT2D eigenvalue weighted by molar-refractivity contribution is -0.140. The molecule has 0 aliphatic carbocycles. The van der Waals surface area contributed by atoms with Crippen molar-refractivity contribution in [3.05, 3.63) is 28.2 Å². The minimum absolute atomic E-state index is 0.382. The highest BCUT2D eigenvalue weighted by molar-refractivity contribution is 7.09. The summed E-state index contributed by atoms with van der Waals surface area (Å²) in [6.07, 6.45) is -2.37. The molecule has 0 spiro atoms. The number of hydrogen-bond donors (Lipinski definition) is 2. The quantitative estimate of drug-likeness (QED) is 0.605. The first-order valence-electron chi connectivity index (χ1n) is 7.26. The minimum Gasteiger partial charge on any atom is -0.356 e. The molecular weight excluding hydrogens is 343 g/mol. The summed E-state index contributed by atoms with van der Waals surface area (Å²) in [7, 11) is 1.62. The van der Waals surface area contributed by atoms with Gasteiger partial charge in [-0.2, -0.15) is 13.2 Å². The Bertz CT molecular complexity index is 677. The summed E-state index contributed by atoms with van der Waals surface area (Å²) >= 11 is 0.999. The molecule has 2 aromatic rings. The number of nitrogens with one attached hydrogen (secondary N) is 2. The number of aliphatic imine (C=N–C) groups is 1. The predicted molar refractivity (Wildman–Crippen MR) is 84.7 cm³/mol. The predicted octanol–water partition coefficient (Wildman–Crippen LogP) is 1.68. The van der Waals surface area contributed by atoms with E-state index in [0.717, 1.165) is 29.1 Å². The Hall–Kier alpha value is -2.17. The SMILES string of the molecule is CCn1cnnc1CNC(=NC)NCCc1nc(C(F)(F)F)cs1. The summed E-state index contributed by atoms with van der Waals surface area (Å²) in [6, 6.07) is 0. The van der Waals surface area contributed by atoms with Gasteiger partial charge in [-0.3, -0.25) is 4.99 Å². The van der Waals surface area contributed by atoms with Crippen molar-refractivity contribution in [3.8, 4) is 0 Å². The van der Waals surface area contributed by atoms with Crippen LogP contribution in [-0.2, 0) is 25.7 Å². The Balaban J connectivity index is 1.79. The molecule has 0 amide bonds. The third kappa shape index (κ3) is 4.91. The molecule has 0 aliphatic rings. The lowest BCUT2D eigenvalue weighted by atomic mass is 10.4. The number of guanidine groups is 1. The van der Waals surface area contributed by atoms with E-state index in [0.29, 0.717) is 30.5 Å². The number of alkyl halides is 3. The van der Waals surface area contributed by atoms with E-state index >= 15 is 0 Å². The largest absolute Gasteiger partial charge is 0.434 e. The van der Waals surface area contributed by atoms with Gasteiger partial charge in [0.1, 0.15) is 6.33 Å². The Morgan fingerprint density at radius 3 is 2.79 bits per heavy atom. The van der Waals surface area contributed by atoms with Gasteiger partial charge in [0.15, 0.2) is 17.5 Å². The van der Waals surface area contributed by atoms with Crippen LogP contribution in [0, 0.1) is 0 Å². The second-order valence-corrected chi connectivity index (χ2v) is 5.70. The number of thiazole rings is 1. The van der Waals surface area contributed by atoms with Gasteiger partial charge in [0, 0.05) is 31.9 Å². The van der Waals surface area contributed by atoms with Gasteiger partial charge in [-0.15, -0.1) is 21.5 Å². The van der Waals surface area contributed by atoms with Crippen molar-refractivity contribution in [2.45, 2.75) is 32.6 Å². The van der Waals surface area contributed by atoms with Crippen LogP contribution >= 0.6 is 11.3 Å². The molecule has 0 saturated heterocycles. The average molecular weight is 361 g/mol. The standard InChI is InChI=1S/C13H18F3N7S/c1-3-23-8-20-22-10(23)6-19-12(17-2)18-5-4-11-21-9(7-24-11)13(14,15)16/h7-8H,3-6H2,1-2H3,(H2,17,18,19). The Morgan fingerprint density at radius 2 is 2.17 bits per heavy atom. The Kier molecular flexibility index (Phi) is 6.12. The van der Waals surface area contributed by atoms with Gasteiger partial charge in [0.05, 0.1) is 11.6 Å². The molecule has 0 fully saturated rings. The zero-order valence-electron chi connectivity index (χ0n) is 13.3. The second kappa shape index (κ2) is 8.08. The molecule has 2 rings (SSSR count). The van der Waals surface area contributed by atoms with Crippen molar-refractivity contribution < 1.29 is 13.2 Å². The van der Waals surface area contributed by atoms with Gasteiger partial charge < -0.3 is 15.2 Å². The molecule has 0 unspecified atom stereocenters. The molecule has 7 nitrogen and oxygen atoms in total. The fourth-order valence-electron chi connectivity index (χ4n) is 1.91. The van der Waals surface area contributed by atoms with Gasteiger partial charge in [0.25, 0.3) is 0 Å². The molecule has 0 aromatic carbocycles. The third-order valence-corrected chi connectivity index (χ3v) is 4.06. The lowest BCUT2D eigenvalue weighted by Crippen LogP contribution is -2.38. The highest BCUT2D eigenvalue weighted by Crippen LogP contribution is 2.29. The highest BCUT2D eigenvalue weighted by Gasteiger charge is 2.33. The van der Waals surface area contributed by atoms with E-state index < -0.39 is 11.9 Å². The van der Waals surface area contributed by atoms with Crippen LogP contribution in [0.15, 0.2) is 16.7 Å². The van der Waals surface area contributed by atoms with Crippen molar-refractivity contribution in [2.75, 3.05) is 13.6 Å². The fourth-order valence-corrected chi connectivity index (χ4v) is 2.71. The summed E-state index contributed by atoms with van der Waals surface area (Å²) in [4.78, 5) is 7.64. The van der Waals surface area contributed by atoms with E-state index in [1.54, 1.807) is 13.4 Å². The number of nitrogens with zero attached hydrogens (tertiary/aromatic N) is 5. The van der Waals surface area contributed by atoms with Crippen LogP contribution < -0.4 is 10.6 Å². The smallest absolute Gasteiger partial charge is 0.356 e. The first-order valence-corrected chi connectivity index (χ1v) is 8.14. The molecule has 0 atom stereocenters. The number of hydrogen-bond acceptors (Lipinski definition) is 5. The van der Waals surface area contributed by atoms with Crippen LogP contribution in [0.4, 0.5) is 13.2 Å². The molecule has 2 N–H and O–H groups in total. The second-order valence-electron chi connectivity index (χ2n) is 4.76. The van der Waals surface area contributed by atoms with Crippen LogP contribution in [0.1, 0.15) is 23.4 Å². The molecule has 132 valence electrons. The maximum Gasteiger partial charge on any atom is 0.434 e. The van der Waals surface area contributed by atoms with Crippen LogP contribution in [-0.4, -0.2) is 39.3 Å². The summed E-state index contributed by atoms with van der Waals surface area (Å²) in [5.41, 5.74) is -0.844. The van der Waals surface area contributed by atoms with Crippen molar-refractivity contribution >= 4 is 17.3 Å². The lowest BCUT2D eigenvalue weighted by Gasteiger charge is -2.11. The van der Waals surface area contributed by atoms with Crippen molar-refractivity contribution in [1.82, 2.24) is 30.4 Å². The summed E-state index contributed by atoms with van der Waals surface area (Å²) in [5.74, 6) is 1.31. The van der Waals surface area contributed by atoms with Gasteiger partial charge in [-0.1, -0.05) is 0 Å². The summed E-state index contributed by atoms with van der Waals surface area (Å²) in [6.45, 7) is 3.62. The maximum atomic E-state index is 12.5.